The van der Waals surface area contributed by atoms with E-state index < -0.39 is 0 Å². The molecular formula is C17H17NO3. The van der Waals surface area contributed by atoms with E-state index in [9.17, 15) is 4.79 Å². The SMILES string of the molecule is CCc1cc(C#CCCO)ccc1NC(=O)c1ccco1. The number of aliphatic hydroxyl groups is 1. The Labute approximate surface area is 123 Å². The van der Waals surface area contributed by atoms with Crippen LogP contribution in [0.2, 0.25) is 0 Å². The van der Waals surface area contributed by atoms with Crippen molar-refractivity contribution in [3.8, 4) is 11.8 Å². The number of anilines is 1. The molecule has 0 saturated carbocycles. The Kier molecular flexibility index (Phi) is 5.19. The summed E-state index contributed by atoms with van der Waals surface area (Å²) < 4.78 is 5.07. The van der Waals surface area contributed by atoms with Crippen LogP contribution in [0.4, 0.5) is 5.69 Å². The van der Waals surface area contributed by atoms with Crippen molar-refractivity contribution in [2.24, 2.45) is 0 Å². The minimum absolute atomic E-state index is 0.0604. The van der Waals surface area contributed by atoms with Gasteiger partial charge in [0.25, 0.3) is 5.91 Å². The lowest BCUT2D eigenvalue weighted by molar-refractivity contribution is 0.0996. The van der Waals surface area contributed by atoms with E-state index >= 15 is 0 Å². The van der Waals surface area contributed by atoms with Gasteiger partial charge in [-0.1, -0.05) is 18.8 Å². The van der Waals surface area contributed by atoms with Gasteiger partial charge in [-0.05, 0) is 42.3 Å². The maximum atomic E-state index is 12.0. The second kappa shape index (κ2) is 7.32. The number of aryl methyl sites for hydroxylation is 1. The molecule has 0 aliphatic carbocycles. The zero-order chi connectivity index (χ0) is 15.1. The second-order valence-electron chi connectivity index (χ2n) is 4.43. The van der Waals surface area contributed by atoms with Gasteiger partial charge in [-0.2, -0.15) is 0 Å². The highest BCUT2D eigenvalue weighted by Gasteiger charge is 2.10. The van der Waals surface area contributed by atoms with E-state index in [-0.39, 0.29) is 18.3 Å². The van der Waals surface area contributed by atoms with Gasteiger partial charge in [-0.3, -0.25) is 4.79 Å². The fraction of sp³-hybridized carbons (Fsp3) is 0.235. The van der Waals surface area contributed by atoms with E-state index in [0.29, 0.717) is 6.42 Å². The summed E-state index contributed by atoms with van der Waals surface area (Å²) in [4.78, 5) is 12.0. The highest BCUT2D eigenvalue weighted by Crippen LogP contribution is 2.19. The van der Waals surface area contributed by atoms with Crippen molar-refractivity contribution in [3.05, 3.63) is 53.5 Å². The molecule has 0 saturated heterocycles. The average Bonchev–Trinajstić information content (AvgIpc) is 3.03. The molecule has 4 nitrogen and oxygen atoms in total. The molecular weight excluding hydrogens is 266 g/mol. The maximum absolute atomic E-state index is 12.0. The van der Waals surface area contributed by atoms with Crippen LogP contribution < -0.4 is 5.32 Å². The molecule has 1 amide bonds. The lowest BCUT2D eigenvalue weighted by atomic mass is 10.1. The first-order valence-corrected chi connectivity index (χ1v) is 6.82. The maximum Gasteiger partial charge on any atom is 0.291 e. The van der Waals surface area contributed by atoms with E-state index in [2.05, 4.69) is 17.2 Å². The van der Waals surface area contributed by atoms with Crippen molar-refractivity contribution in [2.75, 3.05) is 11.9 Å². The van der Waals surface area contributed by atoms with Crippen molar-refractivity contribution in [3.63, 3.8) is 0 Å². The predicted molar refractivity (Wildman–Crippen MR) is 81.1 cm³/mol. The fourth-order valence-electron chi connectivity index (χ4n) is 1.90. The molecule has 4 heteroatoms. The lowest BCUT2D eigenvalue weighted by Gasteiger charge is -2.09. The third-order valence-electron chi connectivity index (χ3n) is 2.95. The van der Waals surface area contributed by atoms with Gasteiger partial charge >= 0.3 is 0 Å². The number of nitrogens with one attached hydrogen (secondary N) is 1. The highest BCUT2D eigenvalue weighted by atomic mass is 16.3. The topological polar surface area (TPSA) is 62.5 Å². The largest absolute Gasteiger partial charge is 0.459 e. The summed E-state index contributed by atoms with van der Waals surface area (Å²) in [5, 5.41) is 11.6. The zero-order valence-electron chi connectivity index (χ0n) is 11.8. The number of hydrogen-bond acceptors (Lipinski definition) is 3. The molecule has 0 atom stereocenters. The summed E-state index contributed by atoms with van der Waals surface area (Å²) in [6.07, 6.45) is 2.71. The van der Waals surface area contributed by atoms with Crippen LogP contribution in [0.3, 0.4) is 0 Å². The first-order chi connectivity index (χ1) is 10.2. The quantitative estimate of drug-likeness (QED) is 0.848. The summed E-state index contributed by atoms with van der Waals surface area (Å²) in [7, 11) is 0. The smallest absolute Gasteiger partial charge is 0.291 e. The van der Waals surface area contributed by atoms with E-state index in [0.717, 1.165) is 23.2 Å². The Balaban J connectivity index is 2.17. The van der Waals surface area contributed by atoms with Crippen LogP contribution in [-0.4, -0.2) is 17.6 Å². The Morgan fingerprint density at radius 2 is 2.24 bits per heavy atom. The van der Waals surface area contributed by atoms with Crippen LogP contribution in [0, 0.1) is 11.8 Å². The van der Waals surface area contributed by atoms with Crippen LogP contribution in [0.1, 0.15) is 35.0 Å². The van der Waals surface area contributed by atoms with E-state index in [4.69, 9.17) is 9.52 Å². The number of aliphatic hydroxyl groups excluding tert-OH is 1. The molecule has 2 rings (SSSR count). The second-order valence-corrected chi connectivity index (χ2v) is 4.43. The number of rotatable bonds is 4. The molecule has 0 spiro atoms. The van der Waals surface area contributed by atoms with Gasteiger partial charge in [0.1, 0.15) is 0 Å². The summed E-state index contributed by atoms with van der Waals surface area (Å²) in [6.45, 7) is 2.08. The monoisotopic (exact) mass is 283 g/mol. The molecule has 1 heterocycles. The Bertz CT molecular complexity index is 663. The van der Waals surface area contributed by atoms with Gasteiger partial charge in [0.05, 0.1) is 12.9 Å². The fourth-order valence-corrected chi connectivity index (χ4v) is 1.90. The summed E-state index contributed by atoms with van der Waals surface area (Å²) >= 11 is 0. The van der Waals surface area contributed by atoms with Crippen LogP contribution in [0.5, 0.6) is 0 Å². The van der Waals surface area contributed by atoms with Gasteiger partial charge in [-0.25, -0.2) is 0 Å². The predicted octanol–water partition coefficient (Wildman–Crippen LogP) is 2.83. The molecule has 0 bridgehead atoms. The molecule has 1 aromatic carbocycles. The number of amides is 1. The van der Waals surface area contributed by atoms with Crippen molar-refractivity contribution < 1.29 is 14.3 Å². The molecule has 0 radical (unpaired) electrons. The Morgan fingerprint density at radius 1 is 1.38 bits per heavy atom. The minimum Gasteiger partial charge on any atom is -0.459 e. The molecule has 2 N–H and O–H groups in total. The molecule has 108 valence electrons. The first-order valence-electron chi connectivity index (χ1n) is 6.82. The molecule has 0 unspecified atom stereocenters. The molecule has 21 heavy (non-hydrogen) atoms. The van der Waals surface area contributed by atoms with Gasteiger partial charge in [0.2, 0.25) is 0 Å². The van der Waals surface area contributed by atoms with Gasteiger partial charge < -0.3 is 14.8 Å². The third kappa shape index (κ3) is 3.98. The summed E-state index contributed by atoms with van der Waals surface area (Å²) in [6, 6.07) is 8.93. The number of hydrogen-bond donors (Lipinski definition) is 2. The van der Waals surface area contributed by atoms with Crippen molar-refractivity contribution in [1.82, 2.24) is 0 Å². The third-order valence-corrected chi connectivity index (χ3v) is 2.95. The Hall–Kier alpha value is -2.51. The van der Waals surface area contributed by atoms with Crippen molar-refractivity contribution in [1.29, 1.82) is 0 Å². The average molecular weight is 283 g/mol. The van der Waals surface area contributed by atoms with Crippen LogP contribution >= 0.6 is 0 Å². The zero-order valence-corrected chi connectivity index (χ0v) is 11.8. The minimum atomic E-state index is -0.270. The summed E-state index contributed by atoms with van der Waals surface area (Å²) in [5.74, 6) is 5.88. The molecule has 1 aromatic heterocycles. The van der Waals surface area contributed by atoms with Gasteiger partial charge in [-0.15, -0.1) is 0 Å². The van der Waals surface area contributed by atoms with Crippen LogP contribution in [0.25, 0.3) is 0 Å². The lowest BCUT2D eigenvalue weighted by Crippen LogP contribution is -2.12. The van der Waals surface area contributed by atoms with Crippen LogP contribution in [0.15, 0.2) is 41.0 Å². The van der Waals surface area contributed by atoms with E-state index in [1.165, 1.54) is 6.26 Å². The number of furan rings is 1. The first kappa shape index (κ1) is 14.9. The molecule has 0 aliphatic heterocycles. The standard InChI is InChI=1S/C17H17NO3/c1-2-14-12-13(6-3-4-10-19)8-9-15(14)18-17(20)16-7-5-11-21-16/h5,7-9,11-12,19H,2,4,10H2,1H3,(H,18,20). The van der Waals surface area contributed by atoms with Gasteiger partial charge in [0, 0.05) is 17.7 Å². The number of carbonyl (C=O) groups excluding carboxylic acids is 1. The summed E-state index contributed by atoms with van der Waals surface area (Å²) in [5.41, 5.74) is 2.63. The number of benzene rings is 1. The molecule has 0 aliphatic rings. The number of carbonyl (C=O) groups is 1. The normalized spacial score (nSPS) is 9.81. The van der Waals surface area contributed by atoms with Crippen molar-refractivity contribution in [2.45, 2.75) is 19.8 Å². The highest BCUT2D eigenvalue weighted by molar-refractivity contribution is 6.02. The van der Waals surface area contributed by atoms with Gasteiger partial charge in [0.15, 0.2) is 5.76 Å². The van der Waals surface area contributed by atoms with E-state index in [1.807, 2.05) is 25.1 Å². The van der Waals surface area contributed by atoms with Crippen LogP contribution in [-0.2, 0) is 6.42 Å². The van der Waals surface area contributed by atoms with Crippen molar-refractivity contribution >= 4 is 11.6 Å². The molecule has 2 aromatic rings. The Morgan fingerprint density at radius 3 is 2.90 bits per heavy atom. The molecule has 0 fully saturated rings. The van der Waals surface area contributed by atoms with E-state index in [1.54, 1.807) is 12.1 Å².